The van der Waals surface area contributed by atoms with Gasteiger partial charge >= 0.3 is 0 Å². The molecule has 0 aliphatic heterocycles. The number of Topliss-reactive ketones (excluding diaryl/α,β-unsaturated/α-hetero) is 1. The van der Waals surface area contributed by atoms with Gasteiger partial charge < -0.3 is 11.1 Å². The highest BCUT2D eigenvalue weighted by atomic mass is 32.1. The van der Waals surface area contributed by atoms with E-state index in [-0.39, 0.29) is 24.2 Å². The van der Waals surface area contributed by atoms with Crippen LogP contribution in [0.1, 0.15) is 53.1 Å². The Labute approximate surface area is 138 Å². The minimum atomic E-state index is -0.245. The molecule has 1 amide bonds. The maximum Gasteiger partial charge on any atom is 0.222 e. The topological polar surface area (TPSA) is 116 Å². The van der Waals surface area contributed by atoms with Crippen LogP contribution in [0.5, 0.6) is 0 Å². The lowest BCUT2D eigenvalue weighted by molar-refractivity contribution is -0.122. The van der Waals surface area contributed by atoms with Crippen molar-refractivity contribution in [1.82, 2.24) is 25.3 Å². The Balaban J connectivity index is 1.94. The van der Waals surface area contributed by atoms with Gasteiger partial charge in [-0.1, -0.05) is 11.3 Å². The van der Waals surface area contributed by atoms with Crippen LogP contribution in [0, 0.1) is 13.8 Å². The number of nitrogens with one attached hydrogen (secondary N) is 1. The van der Waals surface area contributed by atoms with E-state index < -0.39 is 0 Å². The zero-order chi connectivity index (χ0) is 17.1. The van der Waals surface area contributed by atoms with Crippen molar-refractivity contribution in [3.8, 4) is 0 Å². The Morgan fingerprint density at radius 3 is 2.57 bits per heavy atom. The van der Waals surface area contributed by atoms with Gasteiger partial charge in [-0.2, -0.15) is 5.10 Å². The van der Waals surface area contributed by atoms with E-state index in [0.29, 0.717) is 27.9 Å². The van der Waals surface area contributed by atoms with Crippen molar-refractivity contribution in [3.05, 3.63) is 22.0 Å². The quantitative estimate of drug-likeness (QED) is 0.770. The molecule has 2 heterocycles. The number of amides is 1. The lowest BCUT2D eigenvalue weighted by Gasteiger charge is -2.11. The van der Waals surface area contributed by atoms with Gasteiger partial charge in [0.1, 0.15) is 5.01 Å². The van der Waals surface area contributed by atoms with E-state index in [9.17, 15) is 9.59 Å². The Bertz CT molecular complexity index is 736. The molecular weight excluding hydrogens is 316 g/mol. The van der Waals surface area contributed by atoms with Crippen molar-refractivity contribution in [1.29, 1.82) is 0 Å². The highest BCUT2D eigenvalue weighted by Crippen LogP contribution is 2.19. The van der Waals surface area contributed by atoms with Crippen molar-refractivity contribution in [3.63, 3.8) is 0 Å². The third-order valence-corrected chi connectivity index (χ3v) is 4.42. The number of ketones is 1. The molecule has 3 N–H and O–H groups in total. The van der Waals surface area contributed by atoms with Crippen molar-refractivity contribution >= 4 is 28.2 Å². The van der Waals surface area contributed by atoms with Crippen LogP contribution in [0.4, 0.5) is 5.13 Å². The zero-order valence-corrected chi connectivity index (χ0v) is 14.4. The molecule has 0 bridgehead atoms. The number of hydrogen-bond donors (Lipinski definition) is 2. The highest BCUT2D eigenvalue weighted by molar-refractivity contribution is 7.15. The molecule has 1 atom stereocenters. The van der Waals surface area contributed by atoms with Gasteiger partial charge in [0.2, 0.25) is 11.0 Å². The summed E-state index contributed by atoms with van der Waals surface area (Å²) in [5.41, 5.74) is 7.63. The van der Waals surface area contributed by atoms with Crippen molar-refractivity contribution in [2.24, 2.45) is 0 Å². The van der Waals surface area contributed by atoms with Gasteiger partial charge in [0, 0.05) is 18.7 Å². The molecule has 2 aromatic rings. The first-order valence-electron chi connectivity index (χ1n) is 7.22. The number of aryl methyl sites for hydroxylation is 2. The summed E-state index contributed by atoms with van der Waals surface area (Å²) in [6.45, 7) is 7.39. The van der Waals surface area contributed by atoms with Crippen LogP contribution in [-0.2, 0) is 11.3 Å². The molecule has 2 rings (SSSR count). The molecule has 0 aliphatic carbocycles. The smallest absolute Gasteiger partial charge is 0.222 e. The van der Waals surface area contributed by atoms with Crippen molar-refractivity contribution < 1.29 is 9.59 Å². The average molecular weight is 336 g/mol. The number of carbonyl (C=O) groups is 2. The van der Waals surface area contributed by atoms with E-state index in [1.165, 1.54) is 18.3 Å². The largest absolute Gasteiger partial charge is 0.374 e. The predicted molar refractivity (Wildman–Crippen MR) is 87.2 cm³/mol. The minimum Gasteiger partial charge on any atom is -0.374 e. The number of nitrogen functional groups attached to an aromatic ring is 1. The maximum atomic E-state index is 12.0. The van der Waals surface area contributed by atoms with Crippen LogP contribution < -0.4 is 11.1 Å². The van der Waals surface area contributed by atoms with Crippen molar-refractivity contribution in [2.75, 3.05) is 5.73 Å². The molecule has 0 spiro atoms. The summed E-state index contributed by atoms with van der Waals surface area (Å²) in [5.74, 6) is -0.138. The Hall–Kier alpha value is -2.29. The Kier molecular flexibility index (Phi) is 5.09. The molecule has 8 nitrogen and oxygen atoms in total. The second-order valence-electron chi connectivity index (χ2n) is 5.34. The lowest BCUT2D eigenvalue weighted by Crippen LogP contribution is -2.27. The zero-order valence-electron chi connectivity index (χ0n) is 13.6. The first kappa shape index (κ1) is 17.1. The van der Waals surface area contributed by atoms with E-state index in [0.717, 1.165) is 5.69 Å². The Morgan fingerprint density at radius 2 is 2.04 bits per heavy atom. The number of rotatable bonds is 6. The van der Waals surface area contributed by atoms with E-state index in [1.54, 1.807) is 11.6 Å². The highest BCUT2D eigenvalue weighted by Gasteiger charge is 2.17. The molecule has 23 heavy (non-hydrogen) atoms. The summed E-state index contributed by atoms with van der Waals surface area (Å²) in [5, 5.41) is 15.9. The minimum absolute atomic E-state index is 0.0156. The summed E-state index contributed by atoms with van der Waals surface area (Å²) in [4.78, 5) is 23.6. The van der Waals surface area contributed by atoms with Crippen molar-refractivity contribution in [2.45, 2.75) is 46.7 Å². The SMILES string of the molecule is CC(=O)c1c(C)nn(CCC(=O)NC(C)c2nnc(N)s2)c1C. The lowest BCUT2D eigenvalue weighted by atomic mass is 10.1. The number of carbonyl (C=O) groups excluding carboxylic acids is 2. The molecule has 0 aliphatic rings. The van der Waals surface area contributed by atoms with Gasteiger partial charge in [0.15, 0.2) is 5.78 Å². The fourth-order valence-electron chi connectivity index (χ4n) is 2.43. The predicted octanol–water partition coefficient (Wildman–Crippen LogP) is 1.40. The number of aromatic nitrogens is 4. The van der Waals surface area contributed by atoms with E-state index in [2.05, 4.69) is 20.6 Å². The molecule has 0 saturated heterocycles. The van der Waals surface area contributed by atoms with E-state index in [4.69, 9.17) is 5.73 Å². The molecule has 0 aromatic carbocycles. The van der Waals surface area contributed by atoms with Gasteiger partial charge in [-0.25, -0.2) is 0 Å². The normalized spacial score (nSPS) is 12.2. The summed E-state index contributed by atoms with van der Waals surface area (Å²) in [7, 11) is 0. The number of hydrogen-bond acceptors (Lipinski definition) is 7. The van der Waals surface area contributed by atoms with Gasteiger partial charge in [0.05, 0.1) is 17.3 Å². The third-order valence-electron chi connectivity index (χ3n) is 3.49. The molecule has 124 valence electrons. The number of anilines is 1. The third kappa shape index (κ3) is 3.92. The molecule has 0 radical (unpaired) electrons. The average Bonchev–Trinajstić information content (AvgIpc) is 3.00. The monoisotopic (exact) mass is 336 g/mol. The fraction of sp³-hybridized carbons (Fsp3) is 0.500. The van der Waals surface area contributed by atoms with Crippen LogP contribution in [0.15, 0.2) is 0 Å². The maximum absolute atomic E-state index is 12.0. The first-order chi connectivity index (χ1) is 10.8. The molecular formula is C14H20N6O2S. The molecule has 9 heteroatoms. The number of nitrogens with two attached hydrogens (primary N) is 1. The summed E-state index contributed by atoms with van der Waals surface area (Å²) < 4.78 is 1.69. The second kappa shape index (κ2) is 6.86. The second-order valence-corrected chi connectivity index (χ2v) is 6.38. The van der Waals surface area contributed by atoms with Gasteiger partial charge in [-0.05, 0) is 27.7 Å². The van der Waals surface area contributed by atoms with Crippen LogP contribution in [0.25, 0.3) is 0 Å². The summed E-state index contributed by atoms with van der Waals surface area (Å²) >= 11 is 1.25. The Morgan fingerprint density at radius 1 is 1.35 bits per heavy atom. The fourth-order valence-corrected chi connectivity index (χ4v) is 3.04. The van der Waals surface area contributed by atoms with Crippen LogP contribution >= 0.6 is 11.3 Å². The molecule has 1 unspecified atom stereocenters. The summed E-state index contributed by atoms with van der Waals surface area (Å²) in [6.07, 6.45) is 0.262. The standard InChI is InChI=1S/C14H20N6O2S/c1-7-12(10(4)21)9(3)20(19-7)6-5-11(22)16-8(2)13-17-18-14(15)23-13/h8H,5-6H2,1-4H3,(H2,15,18)(H,16,22). The van der Waals surface area contributed by atoms with Gasteiger partial charge in [0.25, 0.3) is 0 Å². The van der Waals surface area contributed by atoms with Gasteiger partial charge in [-0.3, -0.25) is 14.3 Å². The number of nitrogens with zero attached hydrogens (tertiary/aromatic N) is 4. The summed E-state index contributed by atoms with van der Waals surface area (Å²) in [6, 6.07) is -0.245. The molecule has 0 saturated carbocycles. The van der Waals surface area contributed by atoms with E-state index in [1.807, 2.05) is 13.8 Å². The van der Waals surface area contributed by atoms with Crippen LogP contribution in [0.3, 0.4) is 0 Å². The van der Waals surface area contributed by atoms with Crippen LogP contribution in [0.2, 0.25) is 0 Å². The molecule has 2 aromatic heterocycles. The van der Waals surface area contributed by atoms with Gasteiger partial charge in [-0.15, -0.1) is 10.2 Å². The van der Waals surface area contributed by atoms with E-state index >= 15 is 0 Å². The molecule has 0 fully saturated rings. The first-order valence-corrected chi connectivity index (χ1v) is 8.04. The van der Waals surface area contributed by atoms with Crippen LogP contribution in [-0.4, -0.2) is 31.7 Å².